The van der Waals surface area contributed by atoms with E-state index in [0.29, 0.717) is 17.0 Å². The second-order valence-corrected chi connectivity index (χ2v) is 4.09. The standard InChI is InChI=1S/C9H13N3O2S.ClH/c1-5(3-10)12-9(14)7-2-6(4-15-7)8(11)13;/h2,4-5H,3,10H2,1H3,(H2,11,13)(H,12,14);1H/t5-;/m1./s1. The molecular formula is C9H14ClN3O2S. The highest BCUT2D eigenvalue weighted by molar-refractivity contribution is 7.12. The van der Waals surface area contributed by atoms with Crippen molar-refractivity contribution in [3.63, 3.8) is 0 Å². The number of nitrogens with two attached hydrogens (primary N) is 2. The molecule has 1 aromatic rings. The Balaban J connectivity index is 0.00000225. The molecule has 0 aliphatic carbocycles. The Morgan fingerprint density at radius 2 is 2.19 bits per heavy atom. The van der Waals surface area contributed by atoms with Crippen molar-refractivity contribution in [2.24, 2.45) is 11.5 Å². The summed E-state index contributed by atoms with van der Waals surface area (Å²) in [6.07, 6.45) is 0. The predicted molar refractivity (Wildman–Crippen MR) is 66.1 cm³/mol. The summed E-state index contributed by atoms with van der Waals surface area (Å²) < 4.78 is 0. The molecule has 5 N–H and O–H groups in total. The average Bonchev–Trinajstić information content (AvgIpc) is 2.66. The van der Waals surface area contributed by atoms with Crippen molar-refractivity contribution in [1.82, 2.24) is 5.32 Å². The Labute approximate surface area is 104 Å². The molecule has 0 bridgehead atoms. The summed E-state index contributed by atoms with van der Waals surface area (Å²) in [5.74, 6) is -0.761. The van der Waals surface area contributed by atoms with Gasteiger partial charge in [-0.05, 0) is 13.0 Å². The summed E-state index contributed by atoms with van der Waals surface area (Å²) in [6, 6.07) is 1.39. The van der Waals surface area contributed by atoms with Crippen molar-refractivity contribution in [2.45, 2.75) is 13.0 Å². The molecule has 16 heavy (non-hydrogen) atoms. The monoisotopic (exact) mass is 263 g/mol. The zero-order valence-corrected chi connectivity index (χ0v) is 10.4. The highest BCUT2D eigenvalue weighted by atomic mass is 35.5. The summed E-state index contributed by atoms with van der Waals surface area (Å²) in [4.78, 5) is 22.8. The van der Waals surface area contributed by atoms with Gasteiger partial charge in [0, 0.05) is 18.0 Å². The molecule has 0 aromatic carbocycles. The van der Waals surface area contributed by atoms with Gasteiger partial charge in [-0.25, -0.2) is 0 Å². The Kier molecular flexibility index (Phi) is 6.02. The van der Waals surface area contributed by atoms with Gasteiger partial charge < -0.3 is 16.8 Å². The van der Waals surface area contributed by atoms with Gasteiger partial charge in [-0.3, -0.25) is 9.59 Å². The van der Waals surface area contributed by atoms with Gasteiger partial charge in [0.25, 0.3) is 5.91 Å². The number of nitrogens with one attached hydrogen (secondary N) is 1. The lowest BCUT2D eigenvalue weighted by Crippen LogP contribution is -2.37. The average molecular weight is 264 g/mol. The maximum absolute atomic E-state index is 11.5. The highest BCUT2D eigenvalue weighted by Crippen LogP contribution is 2.14. The van der Waals surface area contributed by atoms with E-state index in [-0.39, 0.29) is 24.4 Å². The Hall–Kier alpha value is -1.11. The Morgan fingerprint density at radius 1 is 1.56 bits per heavy atom. The van der Waals surface area contributed by atoms with Crippen LogP contribution >= 0.6 is 23.7 Å². The third-order valence-corrected chi connectivity index (χ3v) is 2.77. The molecule has 90 valence electrons. The largest absolute Gasteiger partial charge is 0.366 e. The van der Waals surface area contributed by atoms with Gasteiger partial charge in [-0.1, -0.05) is 0 Å². The molecule has 0 aliphatic heterocycles. The van der Waals surface area contributed by atoms with Crippen LogP contribution in [0.5, 0.6) is 0 Å². The van der Waals surface area contributed by atoms with E-state index in [2.05, 4.69) is 5.32 Å². The van der Waals surface area contributed by atoms with E-state index >= 15 is 0 Å². The molecular weight excluding hydrogens is 250 g/mol. The molecule has 0 aliphatic rings. The summed E-state index contributed by atoms with van der Waals surface area (Å²) in [5.41, 5.74) is 10.8. The summed E-state index contributed by atoms with van der Waals surface area (Å²) in [5, 5.41) is 4.25. The molecule has 1 aromatic heterocycles. The molecule has 0 spiro atoms. The third-order valence-electron chi connectivity index (χ3n) is 1.84. The number of hydrogen-bond donors (Lipinski definition) is 3. The van der Waals surface area contributed by atoms with E-state index in [1.807, 2.05) is 0 Å². The van der Waals surface area contributed by atoms with Gasteiger partial charge in [0.15, 0.2) is 0 Å². The smallest absolute Gasteiger partial charge is 0.261 e. The topological polar surface area (TPSA) is 98.2 Å². The second-order valence-electron chi connectivity index (χ2n) is 3.17. The number of carbonyl (C=O) groups is 2. The van der Waals surface area contributed by atoms with Crippen molar-refractivity contribution in [2.75, 3.05) is 6.54 Å². The first-order chi connectivity index (χ1) is 7.04. The third kappa shape index (κ3) is 3.80. The molecule has 2 amide bonds. The van der Waals surface area contributed by atoms with Gasteiger partial charge in [0.05, 0.1) is 10.4 Å². The lowest BCUT2D eigenvalue weighted by atomic mass is 10.3. The van der Waals surface area contributed by atoms with Crippen LogP contribution in [0.2, 0.25) is 0 Å². The SMILES string of the molecule is C[C@H](CN)NC(=O)c1cc(C(N)=O)cs1.Cl. The van der Waals surface area contributed by atoms with Crippen LogP contribution in [0.15, 0.2) is 11.4 Å². The normalized spacial score (nSPS) is 11.4. The number of hydrogen-bond acceptors (Lipinski definition) is 4. The molecule has 0 radical (unpaired) electrons. The predicted octanol–water partition coefficient (Wildman–Crippen LogP) is 0.346. The lowest BCUT2D eigenvalue weighted by Gasteiger charge is -2.09. The van der Waals surface area contributed by atoms with E-state index < -0.39 is 5.91 Å². The van der Waals surface area contributed by atoms with Gasteiger partial charge in [-0.2, -0.15) is 0 Å². The van der Waals surface area contributed by atoms with Crippen LogP contribution < -0.4 is 16.8 Å². The summed E-state index contributed by atoms with van der Waals surface area (Å²) >= 11 is 1.18. The fourth-order valence-corrected chi connectivity index (χ4v) is 1.74. The zero-order chi connectivity index (χ0) is 11.4. The van der Waals surface area contributed by atoms with E-state index in [1.165, 1.54) is 17.4 Å². The number of thiophene rings is 1. The maximum Gasteiger partial charge on any atom is 0.261 e. The molecule has 0 fully saturated rings. The zero-order valence-electron chi connectivity index (χ0n) is 8.73. The highest BCUT2D eigenvalue weighted by Gasteiger charge is 2.12. The second kappa shape index (κ2) is 6.47. The Bertz CT molecular complexity index is 381. The molecule has 7 heteroatoms. The summed E-state index contributed by atoms with van der Waals surface area (Å²) in [6.45, 7) is 2.18. The fourth-order valence-electron chi connectivity index (χ4n) is 0.938. The van der Waals surface area contributed by atoms with Gasteiger partial charge in [0.2, 0.25) is 5.91 Å². The van der Waals surface area contributed by atoms with Crippen LogP contribution in [0.3, 0.4) is 0 Å². The van der Waals surface area contributed by atoms with E-state index in [9.17, 15) is 9.59 Å². The first-order valence-corrected chi connectivity index (χ1v) is 5.31. The number of carbonyl (C=O) groups excluding carboxylic acids is 2. The Morgan fingerprint density at radius 3 is 2.62 bits per heavy atom. The van der Waals surface area contributed by atoms with E-state index in [1.54, 1.807) is 12.3 Å². The molecule has 5 nitrogen and oxygen atoms in total. The summed E-state index contributed by atoms with van der Waals surface area (Å²) in [7, 11) is 0. The number of primary amides is 1. The van der Waals surface area contributed by atoms with Crippen LogP contribution in [-0.4, -0.2) is 24.4 Å². The lowest BCUT2D eigenvalue weighted by molar-refractivity contribution is 0.0945. The van der Waals surface area contributed by atoms with Crippen LogP contribution in [0, 0.1) is 0 Å². The minimum Gasteiger partial charge on any atom is -0.366 e. The molecule has 0 saturated carbocycles. The van der Waals surface area contributed by atoms with Gasteiger partial charge in [0.1, 0.15) is 0 Å². The first kappa shape index (κ1) is 14.9. The minimum atomic E-state index is -0.530. The van der Waals surface area contributed by atoms with Crippen LogP contribution in [0.25, 0.3) is 0 Å². The maximum atomic E-state index is 11.5. The van der Waals surface area contributed by atoms with Crippen molar-refractivity contribution in [3.8, 4) is 0 Å². The molecule has 1 heterocycles. The number of rotatable bonds is 4. The van der Waals surface area contributed by atoms with Crippen LogP contribution in [0.1, 0.15) is 27.0 Å². The molecule has 1 rings (SSSR count). The molecule has 0 saturated heterocycles. The molecule has 0 unspecified atom stereocenters. The van der Waals surface area contributed by atoms with E-state index in [4.69, 9.17) is 11.5 Å². The van der Waals surface area contributed by atoms with E-state index in [0.717, 1.165) is 0 Å². The van der Waals surface area contributed by atoms with Crippen LogP contribution in [0.4, 0.5) is 0 Å². The fraction of sp³-hybridized carbons (Fsp3) is 0.333. The minimum absolute atomic E-state index is 0. The number of halogens is 1. The van der Waals surface area contributed by atoms with Gasteiger partial charge >= 0.3 is 0 Å². The van der Waals surface area contributed by atoms with Crippen molar-refractivity contribution >= 4 is 35.6 Å². The van der Waals surface area contributed by atoms with Crippen molar-refractivity contribution in [3.05, 3.63) is 21.9 Å². The molecule has 1 atom stereocenters. The quantitative estimate of drug-likeness (QED) is 0.731. The van der Waals surface area contributed by atoms with Crippen molar-refractivity contribution in [1.29, 1.82) is 0 Å². The number of amides is 2. The van der Waals surface area contributed by atoms with Crippen LogP contribution in [-0.2, 0) is 0 Å². The van der Waals surface area contributed by atoms with Crippen molar-refractivity contribution < 1.29 is 9.59 Å². The first-order valence-electron chi connectivity index (χ1n) is 4.44. The van der Waals surface area contributed by atoms with Gasteiger partial charge in [-0.15, -0.1) is 23.7 Å².